The van der Waals surface area contributed by atoms with Crippen LogP contribution in [-0.2, 0) is 14.3 Å². The predicted octanol–water partition coefficient (Wildman–Crippen LogP) is 0.160. The molecule has 0 aromatic rings. The van der Waals surface area contributed by atoms with Gasteiger partial charge in [0, 0.05) is 38.6 Å². The Labute approximate surface area is 132 Å². The van der Waals surface area contributed by atoms with Gasteiger partial charge in [-0.15, -0.1) is 12.4 Å². The quantitative estimate of drug-likeness (QED) is 0.753. The number of nitrogens with two attached hydrogens (primary N) is 1. The third kappa shape index (κ3) is 3.51. The monoisotopic (exact) mass is 322 g/mol. The highest BCUT2D eigenvalue weighted by molar-refractivity contribution is 5.85. The molecule has 1 aliphatic heterocycles. The van der Waals surface area contributed by atoms with Crippen molar-refractivity contribution in [2.45, 2.75) is 44.4 Å². The molecule has 0 aromatic heterocycles. The number of aliphatic hydroxyl groups excluding tert-OH is 1. The van der Waals surface area contributed by atoms with E-state index in [2.05, 4.69) is 0 Å². The van der Waals surface area contributed by atoms with Gasteiger partial charge >= 0.3 is 0 Å². The molecule has 3 atom stereocenters. The van der Waals surface area contributed by atoms with Crippen LogP contribution in [0.25, 0.3) is 0 Å². The maximum Gasteiger partial charge on any atom is 0.241 e. The summed E-state index contributed by atoms with van der Waals surface area (Å²) in [5.41, 5.74) is 5.63. The molecular weight excluding hydrogens is 296 g/mol. The lowest BCUT2D eigenvalue weighted by atomic mass is 9.58. The number of hydrogen-bond acceptors (Lipinski definition) is 5. The van der Waals surface area contributed by atoms with Crippen molar-refractivity contribution in [3.8, 4) is 0 Å². The van der Waals surface area contributed by atoms with Gasteiger partial charge in [-0.1, -0.05) is 0 Å². The van der Waals surface area contributed by atoms with Gasteiger partial charge in [0.1, 0.15) is 6.04 Å². The number of carbonyl (C=O) groups is 1. The number of methoxy groups -OCH3 is 1. The zero-order valence-corrected chi connectivity index (χ0v) is 13.6. The fraction of sp³-hybridized carbons (Fsp3) is 0.929. The zero-order chi connectivity index (χ0) is 14.8. The molecule has 2 fully saturated rings. The molecule has 1 aliphatic carbocycles. The lowest BCUT2D eigenvalue weighted by Crippen LogP contribution is -2.63. The lowest BCUT2D eigenvalue weighted by molar-refractivity contribution is -0.210. The summed E-state index contributed by atoms with van der Waals surface area (Å²) >= 11 is 0. The molecule has 2 rings (SSSR count). The molecule has 0 bridgehead atoms. The largest absolute Gasteiger partial charge is 0.392 e. The minimum atomic E-state index is -0.594. The van der Waals surface area contributed by atoms with Crippen molar-refractivity contribution in [3.05, 3.63) is 0 Å². The summed E-state index contributed by atoms with van der Waals surface area (Å²) in [6.45, 7) is 4.15. The Morgan fingerprint density at radius 3 is 2.57 bits per heavy atom. The van der Waals surface area contributed by atoms with E-state index >= 15 is 0 Å². The molecule has 1 heterocycles. The van der Waals surface area contributed by atoms with Crippen molar-refractivity contribution in [1.82, 2.24) is 4.90 Å². The second-order valence-electron chi connectivity index (χ2n) is 5.82. The number of ether oxygens (including phenoxy) is 2. The van der Waals surface area contributed by atoms with Crippen LogP contribution in [0.4, 0.5) is 0 Å². The highest BCUT2D eigenvalue weighted by Gasteiger charge is 2.56. The second kappa shape index (κ2) is 7.74. The van der Waals surface area contributed by atoms with Gasteiger partial charge in [-0.3, -0.25) is 4.79 Å². The number of rotatable bonds is 5. The molecule has 1 saturated carbocycles. The van der Waals surface area contributed by atoms with Crippen molar-refractivity contribution in [2.75, 3.05) is 33.4 Å². The lowest BCUT2D eigenvalue weighted by Gasteiger charge is -2.56. The van der Waals surface area contributed by atoms with Crippen molar-refractivity contribution in [2.24, 2.45) is 11.1 Å². The van der Waals surface area contributed by atoms with E-state index in [0.29, 0.717) is 26.1 Å². The number of carbonyl (C=O) groups excluding carboxylic acids is 1. The molecule has 21 heavy (non-hydrogen) atoms. The van der Waals surface area contributed by atoms with E-state index in [-0.39, 0.29) is 42.5 Å². The third-order valence-corrected chi connectivity index (χ3v) is 4.78. The Kier molecular flexibility index (Phi) is 6.87. The van der Waals surface area contributed by atoms with Gasteiger partial charge in [0.25, 0.3) is 0 Å². The SMILES string of the molecule is CCOC1CC(O)C12CCN(C(=O)C(N)COC)CC2.Cl. The van der Waals surface area contributed by atoms with Crippen molar-refractivity contribution >= 4 is 18.3 Å². The zero-order valence-electron chi connectivity index (χ0n) is 12.8. The number of piperidine rings is 1. The standard InChI is InChI=1S/C14H26N2O4.ClH/c1-3-20-12-8-11(17)14(12)4-6-16(7-5-14)13(18)10(15)9-19-2;/h10-12,17H,3-9,15H2,1-2H3;1H. The van der Waals surface area contributed by atoms with E-state index < -0.39 is 6.04 Å². The molecule has 7 heteroatoms. The van der Waals surface area contributed by atoms with Crippen molar-refractivity contribution < 1.29 is 19.4 Å². The number of likely N-dealkylation sites (tertiary alicyclic amines) is 1. The van der Waals surface area contributed by atoms with Crippen molar-refractivity contribution in [1.29, 1.82) is 0 Å². The fourth-order valence-corrected chi connectivity index (χ4v) is 3.45. The summed E-state index contributed by atoms with van der Waals surface area (Å²) in [4.78, 5) is 13.9. The molecule has 3 unspecified atom stereocenters. The Hall–Kier alpha value is -0.400. The minimum absolute atomic E-state index is 0. The van der Waals surface area contributed by atoms with E-state index in [0.717, 1.165) is 12.8 Å². The van der Waals surface area contributed by atoms with E-state index in [9.17, 15) is 9.90 Å². The van der Waals surface area contributed by atoms with Crippen molar-refractivity contribution in [3.63, 3.8) is 0 Å². The molecule has 0 radical (unpaired) electrons. The minimum Gasteiger partial charge on any atom is -0.392 e. The number of amides is 1. The van der Waals surface area contributed by atoms with Crippen LogP contribution >= 0.6 is 12.4 Å². The number of nitrogens with zero attached hydrogens (tertiary/aromatic N) is 1. The van der Waals surface area contributed by atoms with Gasteiger partial charge in [0.05, 0.1) is 18.8 Å². The van der Waals surface area contributed by atoms with Crippen LogP contribution in [0, 0.1) is 5.41 Å². The van der Waals surface area contributed by atoms with Gasteiger partial charge in [0.15, 0.2) is 0 Å². The molecule has 2 aliphatic rings. The van der Waals surface area contributed by atoms with Crippen LogP contribution in [-0.4, -0.2) is 67.6 Å². The van der Waals surface area contributed by atoms with E-state index in [1.54, 1.807) is 4.90 Å². The number of halogens is 1. The highest BCUT2D eigenvalue weighted by Crippen LogP contribution is 2.50. The molecule has 1 spiro atoms. The Morgan fingerprint density at radius 2 is 2.10 bits per heavy atom. The van der Waals surface area contributed by atoms with E-state index in [1.807, 2.05) is 6.92 Å². The summed E-state index contributed by atoms with van der Waals surface area (Å²) in [7, 11) is 1.54. The summed E-state index contributed by atoms with van der Waals surface area (Å²) in [5, 5.41) is 10.1. The second-order valence-corrected chi connectivity index (χ2v) is 5.82. The van der Waals surface area contributed by atoms with Crippen LogP contribution in [0.15, 0.2) is 0 Å². The smallest absolute Gasteiger partial charge is 0.241 e. The summed E-state index contributed by atoms with van der Waals surface area (Å²) in [6.07, 6.45) is 2.11. The van der Waals surface area contributed by atoms with Gasteiger partial charge in [0.2, 0.25) is 5.91 Å². The molecule has 0 aromatic carbocycles. The van der Waals surface area contributed by atoms with Crippen LogP contribution in [0.2, 0.25) is 0 Å². The molecule has 1 saturated heterocycles. The molecular formula is C14H27ClN2O4. The molecule has 124 valence electrons. The first-order valence-electron chi connectivity index (χ1n) is 7.38. The van der Waals surface area contributed by atoms with Crippen LogP contribution in [0.1, 0.15) is 26.2 Å². The molecule has 3 N–H and O–H groups in total. The van der Waals surface area contributed by atoms with E-state index in [1.165, 1.54) is 7.11 Å². The van der Waals surface area contributed by atoms with E-state index in [4.69, 9.17) is 15.2 Å². The summed E-state index contributed by atoms with van der Waals surface area (Å²) < 4.78 is 10.6. The maximum absolute atomic E-state index is 12.1. The average molecular weight is 323 g/mol. The maximum atomic E-state index is 12.1. The van der Waals surface area contributed by atoms with Gasteiger partial charge in [-0.2, -0.15) is 0 Å². The Bertz CT molecular complexity index is 346. The number of aliphatic hydroxyl groups is 1. The Balaban J connectivity index is 0.00000220. The van der Waals surface area contributed by atoms with Crippen LogP contribution in [0.3, 0.4) is 0 Å². The van der Waals surface area contributed by atoms with Gasteiger partial charge < -0.3 is 25.2 Å². The normalized spacial score (nSPS) is 28.7. The summed E-state index contributed by atoms with van der Waals surface area (Å²) in [6, 6.07) is -0.594. The highest BCUT2D eigenvalue weighted by atomic mass is 35.5. The summed E-state index contributed by atoms with van der Waals surface area (Å²) in [5.74, 6) is -0.0662. The first-order valence-corrected chi connectivity index (χ1v) is 7.38. The van der Waals surface area contributed by atoms with Crippen LogP contribution < -0.4 is 5.73 Å². The first-order chi connectivity index (χ1) is 9.55. The fourth-order valence-electron chi connectivity index (χ4n) is 3.45. The van der Waals surface area contributed by atoms with Crippen LogP contribution in [0.5, 0.6) is 0 Å². The Morgan fingerprint density at radius 1 is 1.48 bits per heavy atom. The predicted molar refractivity (Wildman–Crippen MR) is 81.4 cm³/mol. The topological polar surface area (TPSA) is 85.0 Å². The molecule has 6 nitrogen and oxygen atoms in total. The molecule has 1 amide bonds. The third-order valence-electron chi connectivity index (χ3n) is 4.78. The number of hydrogen-bond donors (Lipinski definition) is 2. The first kappa shape index (κ1) is 18.6. The van der Waals surface area contributed by atoms with Gasteiger partial charge in [-0.05, 0) is 19.8 Å². The average Bonchev–Trinajstić information content (AvgIpc) is 2.47. The van der Waals surface area contributed by atoms with Gasteiger partial charge in [-0.25, -0.2) is 0 Å².